The second-order valence-corrected chi connectivity index (χ2v) is 10.7. The van der Waals surface area contributed by atoms with E-state index in [4.69, 9.17) is 14.6 Å². The molecule has 0 fully saturated rings. The van der Waals surface area contributed by atoms with E-state index < -0.39 is 47.8 Å². The third kappa shape index (κ3) is 9.83. The number of anilines is 1. The molecule has 0 aromatic heterocycles. The number of rotatable bonds is 11. The first kappa shape index (κ1) is 33.1. The molecule has 9 nitrogen and oxygen atoms in total. The maximum atomic E-state index is 13.5. The molecule has 2 amide bonds. The van der Waals surface area contributed by atoms with Crippen LogP contribution in [0.2, 0.25) is 0 Å². The first-order valence-corrected chi connectivity index (χ1v) is 13.2. The van der Waals surface area contributed by atoms with E-state index >= 15 is 0 Å². The minimum absolute atomic E-state index is 0.0144. The average molecular weight is 603 g/mol. The molecule has 0 heterocycles. The van der Waals surface area contributed by atoms with Gasteiger partial charge in [0.05, 0.1) is 36.8 Å². The number of hydrogen-bond acceptors (Lipinski definition) is 6. The van der Waals surface area contributed by atoms with Gasteiger partial charge in [0.15, 0.2) is 6.29 Å². The van der Waals surface area contributed by atoms with Gasteiger partial charge in [0.1, 0.15) is 5.75 Å². The van der Waals surface area contributed by atoms with Crippen LogP contribution in [0.25, 0.3) is 0 Å². The summed E-state index contributed by atoms with van der Waals surface area (Å²) in [5, 5.41) is 22.2. The first-order valence-electron chi connectivity index (χ1n) is 13.2. The lowest BCUT2D eigenvalue weighted by molar-refractivity contribution is -0.171. The van der Waals surface area contributed by atoms with Crippen molar-refractivity contribution in [3.8, 4) is 5.75 Å². The molecule has 3 rings (SSSR count). The minimum Gasteiger partial charge on any atom is -0.497 e. The Balaban J connectivity index is 1.75. The fourth-order valence-electron chi connectivity index (χ4n) is 4.18. The van der Waals surface area contributed by atoms with Crippen LogP contribution in [-0.2, 0) is 28.7 Å². The van der Waals surface area contributed by atoms with E-state index in [9.17, 15) is 32.7 Å². The van der Waals surface area contributed by atoms with Gasteiger partial charge in [0.25, 0.3) is 5.91 Å². The van der Waals surface area contributed by atoms with E-state index in [-0.39, 0.29) is 41.2 Å². The zero-order valence-electron chi connectivity index (χ0n) is 24.1. The largest absolute Gasteiger partial charge is 0.497 e. The van der Waals surface area contributed by atoms with Crippen LogP contribution in [0.15, 0.2) is 66.7 Å². The Bertz CT molecular complexity index is 1430. The highest BCUT2D eigenvalue weighted by Gasteiger charge is 2.34. The summed E-state index contributed by atoms with van der Waals surface area (Å²) in [6.45, 7) is 5.08. The number of nitrogens with zero attached hydrogens (tertiary/aromatic N) is 1. The van der Waals surface area contributed by atoms with Gasteiger partial charge in [-0.2, -0.15) is 13.2 Å². The fourth-order valence-corrected chi connectivity index (χ4v) is 4.18. The highest BCUT2D eigenvalue weighted by molar-refractivity contribution is 5.96. The highest BCUT2D eigenvalue weighted by Crippen LogP contribution is 2.34. The Hall–Kier alpha value is -4.42. The molecule has 12 heteroatoms. The first-order chi connectivity index (χ1) is 20.1. The van der Waals surface area contributed by atoms with E-state index in [2.05, 4.69) is 5.32 Å². The maximum Gasteiger partial charge on any atom is 0.416 e. The molecule has 0 aliphatic heterocycles. The van der Waals surface area contributed by atoms with Gasteiger partial charge in [0.2, 0.25) is 5.91 Å². The Kier molecular flexibility index (Phi) is 10.5. The van der Waals surface area contributed by atoms with Gasteiger partial charge in [-0.15, -0.1) is 0 Å². The van der Waals surface area contributed by atoms with Crippen molar-refractivity contribution in [3.63, 3.8) is 0 Å². The predicted octanol–water partition coefficient (Wildman–Crippen LogP) is 5.37. The maximum absolute atomic E-state index is 13.5. The number of amides is 2. The lowest BCUT2D eigenvalue weighted by Gasteiger charge is -2.29. The minimum atomic E-state index is -4.68. The van der Waals surface area contributed by atoms with E-state index in [1.807, 2.05) is 0 Å². The lowest BCUT2D eigenvalue weighted by Crippen LogP contribution is -2.40. The van der Waals surface area contributed by atoms with E-state index in [0.29, 0.717) is 5.56 Å². The summed E-state index contributed by atoms with van der Waals surface area (Å²) in [6.07, 6.45) is -6.54. The predicted molar refractivity (Wildman–Crippen MR) is 152 cm³/mol. The zero-order valence-corrected chi connectivity index (χ0v) is 24.1. The number of methoxy groups -OCH3 is 1. The Labute approximate surface area is 246 Å². The van der Waals surface area contributed by atoms with E-state index in [1.54, 1.807) is 32.9 Å². The van der Waals surface area contributed by atoms with Gasteiger partial charge in [-0.05, 0) is 80.4 Å². The average Bonchev–Trinajstić information content (AvgIpc) is 2.91. The molecule has 0 aliphatic rings. The van der Waals surface area contributed by atoms with Crippen molar-refractivity contribution in [1.29, 1.82) is 0 Å². The van der Waals surface area contributed by atoms with E-state index in [0.717, 1.165) is 6.07 Å². The number of halogens is 3. The van der Waals surface area contributed by atoms with Crippen molar-refractivity contribution in [1.82, 2.24) is 4.90 Å². The number of aliphatic hydroxyl groups is 1. The number of nitrogens with one attached hydrogen (secondary N) is 1. The molecular weight excluding hydrogens is 569 g/mol. The van der Waals surface area contributed by atoms with Crippen LogP contribution in [0.1, 0.15) is 58.2 Å². The van der Waals surface area contributed by atoms with Crippen molar-refractivity contribution in [2.75, 3.05) is 19.0 Å². The SMILES string of the molecule is COc1ccc(CC(=O)Nc2ccc(C(=O)N(Cc3ccc(C(=O)O)cc3)CC(O)OC(C)(C)C)cc2)c(C(F)(F)F)c1. The molecule has 0 saturated heterocycles. The highest BCUT2D eigenvalue weighted by atomic mass is 19.4. The standard InChI is InChI=1S/C31H33F3N2O7/c1-30(2,3)43-27(38)18-36(17-19-5-7-21(8-6-19)29(40)41)28(39)20-9-12-23(13-10-20)35-26(37)15-22-11-14-24(42-4)16-25(22)31(32,33)34/h5-14,16,27,38H,15,17-18H2,1-4H3,(H,35,37)(H,40,41). The molecule has 3 aromatic rings. The number of carboxylic acid groups (broad SMARTS) is 1. The van der Waals surface area contributed by atoms with Crippen molar-refractivity contribution in [3.05, 3.63) is 94.5 Å². The van der Waals surface area contributed by atoms with Crippen molar-refractivity contribution < 1.29 is 47.2 Å². The van der Waals surface area contributed by atoms with Crippen molar-refractivity contribution in [2.24, 2.45) is 0 Å². The molecular formula is C31H33F3N2O7. The number of ether oxygens (including phenoxy) is 2. The number of hydrogen-bond donors (Lipinski definition) is 3. The number of aliphatic hydroxyl groups excluding tert-OH is 1. The van der Waals surface area contributed by atoms with Crippen molar-refractivity contribution >= 4 is 23.5 Å². The zero-order chi connectivity index (χ0) is 31.9. The topological polar surface area (TPSA) is 125 Å². The smallest absolute Gasteiger partial charge is 0.416 e. The van der Waals surface area contributed by atoms with Crippen LogP contribution >= 0.6 is 0 Å². The van der Waals surface area contributed by atoms with Gasteiger partial charge in [-0.25, -0.2) is 4.79 Å². The van der Waals surface area contributed by atoms with Crippen LogP contribution in [-0.4, -0.2) is 58.4 Å². The number of benzene rings is 3. The van der Waals surface area contributed by atoms with Crippen LogP contribution in [0.4, 0.5) is 18.9 Å². The molecule has 230 valence electrons. The number of carbonyl (C=O) groups is 3. The van der Waals surface area contributed by atoms with Crippen LogP contribution in [0.5, 0.6) is 5.75 Å². The summed E-state index contributed by atoms with van der Waals surface area (Å²) in [4.78, 5) is 38.5. The van der Waals surface area contributed by atoms with Crippen LogP contribution in [0.3, 0.4) is 0 Å². The third-order valence-electron chi connectivity index (χ3n) is 6.12. The quantitative estimate of drug-likeness (QED) is 0.252. The van der Waals surface area contributed by atoms with Crippen LogP contribution in [0, 0.1) is 0 Å². The lowest BCUT2D eigenvalue weighted by atomic mass is 10.0. The molecule has 1 atom stereocenters. The fraction of sp³-hybridized carbons (Fsp3) is 0.323. The summed E-state index contributed by atoms with van der Waals surface area (Å²) in [7, 11) is 1.25. The number of carboxylic acids is 1. The molecule has 0 spiro atoms. The van der Waals surface area contributed by atoms with Gasteiger partial charge in [-0.1, -0.05) is 18.2 Å². The molecule has 0 aliphatic carbocycles. The van der Waals surface area contributed by atoms with Crippen LogP contribution < -0.4 is 10.1 Å². The van der Waals surface area contributed by atoms with Gasteiger partial charge in [-0.3, -0.25) is 9.59 Å². The van der Waals surface area contributed by atoms with Crippen molar-refractivity contribution in [2.45, 2.75) is 51.8 Å². The number of alkyl halides is 3. The summed E-state index contributed by atoms with van der Waals surface area (Å²) in [5.74, 6) is -2.25. The summed E-state index contributed by atoms with van der Waals surface area (Å²) in [5.41, 5.74) is -0.727. The molecule has 0 radical (unpaired) electrons. The van der Waals surface area contributed by atoms with E-state index in [1.165, 1.54) is 60.5 Å². The molecule has 0 saturated carbocycles. The molecule has 3 N–H and O–H groups in total. The van der Waals surface area contributed by atoms with Gasteiger partial charge in [0, 0.05) is 17.8 Å². The molecule has 1 unspecified atom stereocenters. The Morgan fingerprint density at radius 1 is 0.930 bits per heavy atom. The van der Waals surface area contributed by atoms with Gasteiger partial charge < -0.3 is 29.9 Å². The van der Waals surface area contributed by atoms with Gasteiger partial charge >= 0.3 is 12.1 Å². The second-order valence-electron chi connectivity index (χ2n) is 10.7. The summed E-state index contributed by atoms with van der Waals surface area (Å²) < 4.78 is 50.9. The molecule has 0 bridgehead atoms. The third-order valence-corrected chi connectivity index (χ3v) is 6.12. The molecule has 43 heavy (non-hydrogen) atoms. The normalized spacial score (nSPS) is 12.4. The Morgan fingerprint density at radius 2 is 1.53 bits per heavy atom. The Morgan fingerprint density at radius 3 is 2.07 bits per heavy atom. The second kappa shape index (κ2) is 13.7. The molecule has 3 aromatic carbocycles. The number of aromatic carboxylic acids is 1. The summed E-state index contributed by atoms with van der Waals surface area (Å²) in [6, 6.07) is 15.0. The monoisotopic (exact) mass is 602 g/mol. The summed E-state index contributed by atoms with van der Waals surface area (Å²) >= 11 is 0. The number of carbonyl (C=O) groups excluding carboxylic acids is 2.